The summed E-state index contributed by atoms with van der Waals surface area (Å²) in [5.74, 6) is -3.39. The van der Waals surface area contributed by atoms with Crippen molar-refractivity contribution in [2.24, 2.45) is 17.8 Å². The summed E-state index contributed by atoms with van der Waals surface area (Å²) in [7, 11) is 0. The van der Waals surface area contributed by atoms with Gasteiger partial charge in [-0.3, -0.25) is 0 Å². The van der Waals surface area contributed by atoms with Gasteiger partial charge in [0.05, 0.1) is 0 Å². The molecule has 0 radical (unpaired) electrons. The van der Waals surface area contributed by atoms with E-state index in [-0.39, 0.29) is 12.3 Å². The zero-order valence-electron chi connectivity index (χ0n) is 7.49. The first-order valence-electron chi connectivity index (χ1n) is 4.42. The van der Waals surface area contributed by atoms with Gasteiger partial charge < -0.3 is 19.8 Å². The largest absolute Gasteiger partial charge is 0.550 e. The van der Waals surface area contributed by atoms with E-state index in [0.717, 1.165) is 0 Å². The quantitative estimate of drug-likeness (QED) is 0.525. The van der Waals surface area contributed by atoms with E-state index in [1.165, 1.54) is 0 Å². The molecule has 0 aromatic heterocycles. The Bertz CT molecular complexity index is 202. The summed E-state index contributed by atoms with van der Waals surface area (Å²) in [6.45, 7) is 1.85. The molecule has 0 unspecified atom stereocenters. The van der Waals surface area contributed by atoms with Crippen LogP contribution in [0.1, 0.15) is 26.2 Å². The van der Waals surface area contributed by atoms with Crippen LogP contribution in [0.5, 0.6) is 0 Å². The van der Waals surface area contributed by atoms with E-state index in [1.54, 1.807) is 0 Å². The third-order valence-electron chi connectivity index (χ3n) is 2.61. The van der Waals surface area contributed by atoms with Crippen LogP contribution >= 0.6 is 0 Å². The lowest BCUT2D eigenvalue weighted by atomic mass is 9.76. The molecule has 1 aliphatic rings. The lowest BCUT2D eigenvalue weighted by Crippen LogP contribution is -2.42. The second-order valence-corrected chi connectivity index (χ2v) is 3.84. The number of carboxylic acid groups (broad SMARTS) is 2. The van der Waals surface area contributed by atoms with E-state index < -0.39 is 23.8 Å². The molecule has 1 saturated carbocycles. The van der Waals surface area contributed by atoms with Gasteiger partial charge in [-0.05, 0) is 37.0 Å². The van der Waals surface area contributed by atoms with Crippen LogP contribution in [0.25, 0.3) is 0 Å². The second-order valence-electron chi connectivity index (χ2n) is 3.84. The van der Waals surface area contributed by atoms with E-state index in [4.69, 9.17) is 0 Å². The van der Waals surface area contributed by atoms with Gasteiger partial charge in [-0.1, -0.05) is 6.92 Å². The highest BCUT2D eigenvalue weighted by Gasteiger charge is 2.27. The maximum absolute atomic E-state index is 10.5. The Hall–Kier alpha value is -1.06. The summed E-state index contributed by atoms with van der Waals surface area (Å²) < 4.78 is 0. The summed E-state index contributed by atoms with van der Waals surface area (Å²) in [5, 5.41) is 21.1. The fraction of sp³-hybridized carbons (Fsp3) is 0.778. The first kappa shape index (κ1) is 10.0. The number of carbonyl (C=O) groups excluding carboxylic acids is 2. The molecule has 0 saturated heterocycles. The van der Waals surface area contributed by atoms with Crippen molar-refractivity contribution in [1.29, 1.82) is 0 Å². The number of aliphatic carboxylic acids is 2. The Balaban J connectivity index is 2.62. The first-order chi connectivity index (χ1) is 6.00. The highest BCUT2D eigenvalue weighted by Crippen LogP contribution is 2.32. The van der Waals surface area contributed by atoms with Crippen LogP contribution in [0.4, 0.5) is 0 Å². The lowest BCUT2D eigenvalue weighted by molar-refractivity contribution is -0.318. The van der Waals surface area contributed by atoms with Crippen molar-refractivity contribution in [3.05, 3.63) is 0 Å². The molecule has 0 bridgehead atoms. The SMILES string of the molecule is CC1C[C@@H](C(=O)[O-])C[C@H](C(=O)[O-])C1. The average Bonchev–Trinajstić information content (AvgIpc) is 2.03. The lowest BCUT2D eigenvalue weighted by Gasteiger charge is -2.34. The summed E-state index contributed by atoms with van der Waals surface area (Å²) >= 11 is 0. The van der Waals surface area contributed by atoms with Crippen molar-refractivity contribution in [2.75, 3.05) is 0 Å². The van der Waals surface area contributed by atoms with Crippen LogP contribution in [0.3, 0.4) is 0 Å². The molecule has 0 N–H and O–H groups in total. The smallest absolute Gasteiger partial charge is 0.0445 e. The molecule has 1 aliphatic carbocycles. The average molecular weight is 184 g/mol. The van der Waals surface area contributed by atoms with E-state index >= 15 is 0 Å². The second kappa shape index (κ2) is 3.77. The Morgan fingerprint density at radius 1 is 1.00 bits per heavy atom. The fourth-order valence-corrected chi connectivity index (χ4v) is 1.99. The van der Waals surface area contributed by atoms with Crippen molar-refractivity contribution in [3.8, 4) is 0 Å². The van der Waals surface area contributed by atoms with E-state index in [9.17, 15) is 19.8 Å². The molecule has 0 aromatic carbocycles. The van der Waals surface area contributed by atoms with Gasteiger partial charge in [-0.2, -0.15) is 0 Å². The van der Waals surface area contributed by atoms with Crippen LogP contribution in [0.15, 0.2) is 0 Å². The molecule has 0 heterocycles. The number of hydrogen-bond donors (Lipinski definition) is 0. The van der Waals surface area contributed by atoms with Crippen LogP contribution in [0.2, 0.25) is 0 Å². The first-order valence-corrected chi connectivity index (χ1v) is 4.42. The van der Waals surface area contributed by atoms with Gasteiger partial charge >= 0.3 is 0 Å². The van der Waals surface area contributed by atoms with Crippen molar-refractivity contribution in [1.82, 2.24) is 0 Å². The maximum Gasteiger partial charge on any atom is 0.0445 e. The molecule has 13 heavy (non-hydrogen) atoms. The van der Waals surface area contributed by atoms with Gasteiger partial charge in [0.25, 0.3) is 0 Å². The summed E-state index contributed by atoms with van der Waals surface area (Å²) in [6.07, 6.45) is 1.20. The summed E-state index contributed by atoms with van der Waals surface area (Å²) in [4.78, 5) is 21.1. The molecular formula is C9H12O4-2. The molecule has 74 valence electrons. The Labute approximate surface area is 76.6 Å². The Morgan fingerprint density at radius 3 is 1.69 bits per heavy atom. The van der Waals surface area contributed by atoms with Crippen molar-refractivity contribution in [3.63, 3.8) is 0 Å². The molecule has 4 nitrogen and oxygen atoms in total. The number of hydrogen-bond acceptors (Lipinski definition) is 4. The molecule has 1 fully saturated rings. The minimum Gasteiger partial charge on any atom is -0.550 e. The Kier molecular flexibility index (Phi) is 2.90. The topological polar surface area (TPSA) is 80.3 Å². The number of rotatable bonds is 2. The minimum atomic E-state index is -1.14. The zero-order valence-corrected chi connectivity index (χ0v) is 7.49. The fourth-order valence-electron chi connectivity index (χ4n) is 1.99. The summed E-state index contributed by atoms with van der Waals surface area (Å²) in [6, 6.07) is 0. The Morgan fingerprint density at radius 2 is 1.38 bits per heavy atom. The highest BCUT2D eigenvalue weighted by atomic mass is 16.4. The molecule has 0 spiro atoms. The van der Waals surface area contributed by atoms with Gasteiger partial charge in [0.15, 0.2) is 0 Å². The van der Waals surface area contributed by atoms with E-state index in [2.05, 4.69) is 0 Å². The van der Waals surface area contributed by atoms with Crippen molar-refractivity contribution < 1.29 is 19.8 Å². The van der Waals surface area contributed by atoms with Crippen LogP contribution in [0, 0.1) is 17.8 Å². The minimum absolute atomic E-state index is 0.125. The molecule has 0 amide bonds. The maximum atomic E-state index is 10.5. The highest BCUT2D eigenvalue weighted by molar-refractivity contribution is 5.72. The van der Waals surface area contributed by atoms with E-state index in [1.807, 2.05) is 6.92 Å². The molecular weight excluding hydrogens is 172 g/mol. The van der Waals surface area contributed by atoms with Gasteiger partial charge in [0.2, 0.25) is 0 Å². The third-order valence-corrected chi connectivity index (χ3v) is 2.61. The van der Waals surface area contributed by atoms with Crippen LogP contribution in [-0.2, 0) is 9.59 Å². The number of carbonyl (C=O) groups is 2. The molecule has 0 aliphatic heterocycles. The van der Waals surface area contributed by atoms with Crippen LogP contribution < -0.4 is 10.2 Å². The third kappa shape index (κ3) is 2.44. The monoisotopic (exact) mass is 184 g/mol. The molecule has 0 aromatic rings. The molecule has 2 atom stereocenters. The van der Waals surface area contributed by atoms with Gasteiger partial charge in [-0.15, -0.1) is 0 Å². The molecule has 4 heteroatoms. The molecule has 1 rings (SSSR count). The summed E-state index contributed by atoms with van der Waals surface area (Å²) in [5.41, 5.74) is 0. The van der Waals surface area contributed by atoms with Gasteiger partial charge in [-0.25, -0.2) is 0 Å². The van der Waals surface area contributed by atoms with Crippen molar-refractivity contribution >= 4 is 11.9 Å². The van der Waals surface area contributed by atoms with E-state index in [0.29, 0.717) is 12.8 Å². The van der Waals surface area contributed by atoms with Crippen LogP contribution in [-0.4, -0.2) is 11.9 Å². The normalized spacial score (nSPS) is 34.1. The standard InChI is InChI=1S/C9H14O4/c1-5-2-6(8(10)11)4-7(3-5)9(12)13/h5-7H,2-4H2,1H3,(H,10,11)(H,12,13)/p-2/t6-,7-/m1/s1. The van der Waals surface area contributed by atoms with Gasteiger partial charge in [0, 0.05) is 11.9 Å². The predicted octanol–water partition coefficient (Wildman–Crippen LogP) is -1.46. The van der Waals surface area contributed by atoms with Crippen molar-refractivity contribution in [2.45, 2.75) is 26.2 Å². The predicted molar refractivity (Wildman–Crippen MR) is 40.0 cm³/mol. The van der Waals surface area contributed by atoms with Gasteiger partial charge in [0.1, 0.15) is 0 Å². The number of carboxylic acids is 2. The zero-order chi connectivity index (χ0) is 10.0.